The standard InChI is InChI=1S/C18H25NO3S/c1-5-10-22-18(21)15-11-23-17(12(2)3)19(15)16(20)14-8-6-13(4)7-9-14/h6-9,12,15,17H,5,10-11H2,1-4H3. The first-order valence-corrected chi connectivity index (χ1v) is 9.18. The third-order valence-electron chi connectivity index (χ3n) is 3.86. The fraction of sp³-hybridized carbons (Fsp3) is 0.556. The van der Waals surface area contributed by atoms with E-state index in [2.05, 4.69) is 13.8 Å². The Kier molecular flexibility index (Phi) is 6.10. The van der Waals surface area contributed by atoms with Crippen molar-refractivity contribution in [3.05, 3.63) is 35.4 Å². The van der Waals surface area contributed by atoms with Crippen LogP contribution < -0.4 is 0 Å². The summed E-state index contributed by atoms with van der Waals surface area (Å²) in [5.74, 6) is 0.497. The molecular formula is C18H25NO3S. The third-order valence-corrected chi connectivity index (χ3v) is 5.48. The number of esters is 1. The number of carbonyl (C=O) groups excluding carboxylic acids is 2. The molecule has 2 rings (SSSR count). The van der Waals surface area contributed by atoms with Crippen LogP contribution in [0.5, 0.6) is 0 Å². The van der Waals surface area contributed by atoms with Gasteiger partial charge in [0.1, 0.15) is 6.04 Å². The number of nitrogens with zero attached hydrogens (tertiary/aromatic N) is 1. The van der Waals surface area contributed by atoms with Crippen molar-refractivity contribution in [2.24, 2.45) is 5.92 Å². The van der Waals surface area contributed by atoms with E-state index in [1.165, 1.54) is 0 Å². The summed E-state index contributed by atoms with van der Waals surface area (Å²) >= 11 is 1.66. The maximum atomic E-state index is 13.0. The van der Waals surface area contributed by atoms with Gasteiger partial charge in [0, 0.05) is 11.3 Å². The fourth-order valence-electron chi connectivity index (χ4n) is 2.62. The van der Waals surface area contributed by atoms with Crippen molar-refractivity contribution in [3.8, 4) is 0 Å². The molecule has 126 valence electrons. The van der Waals surface area contributed by atoms with Crippen LogP contribution in [0.25, 0.3) is 0 Å². The molecule has 1 aromatic carbocycles. The lowest BCUT2D eigenvalue weighted by Gasteiger charge is -2.30. The van der Waals surface area contributed by atoms with Crippen LogP contribution in [0.4, 0.5) is 0 Å². The summed E-state index contributed by atoms with van der Waals surface area (Å²) < 4.78 is 5.29. The average Bonchev–Trinajstić information content (AvgIpc) is 2.97. The molecule has 0 radical (unpaired) electrons. The van der Waals surface area contributed by atoms with Gasteiger partial charge >= 0.3 is 5.97 Å². The van der Waals surface area contributed by atoms with E-state index >= 15 is 0 Å². The molecule has 0 spiro atoms. The topological polar surface area (TPSA) is 46.6 Å². The summed E-state index contributed by atoms with van der Waals surface area (Å²) in [7, 11) is 0. The smallest absolute Gasteiger partial charge is 0.329 e. The van der Waals surface area contributed by atoms with E-state index in [4.69, 9.17) is 4.74 Å². The minimum absolute atomic E-state index is 0.00276. The van der Waals surface area contributed by atoms with Gasteiger partial charge in [-0.15, -0.1) is 11.8 Å². The monoisotopic (exact) mass is 335 g/mol. The maximum Gasteiger partial charge on any atom is 0.329 e. The first kappa shape index (κ1) is 17.9. The molecule has 1 aliphatic heterocycles. The highest BCUT2D eigenvalue weighted by Gasteiger charge is 2.43. The predicted molar refractivity (Wildman–Crippen MR) is 93.5 cm³/mol. The molecular weight excluding hydrogens is 310 g/mol. The Morgan fingerprint density at radius 2 is 1.96 bits per heavy atom. The number of amides is 1. The van der Waals surface area contributed by atoms with E-state index in [1.807, 2.05) is 38.1 Å². The fourth-order valence-corrected chi connectivity index (χ4v) is 4.09. The summed E-state index contributed by atoms with van der Waals surface area (Å²) in [5, 5.41) is 0.00276. The van der Waals surface area contributed by atoms with E-state index in [9.17, 15) is 9.59 Å². The van der Waals surface area contributed by atoms with Crippen molar-refractivity contribution in [2.45, 2.75) is 45.5 Å². The lowest BCUT2D eigenvalue weighted by Crippen LogP contribution is -2.47. The van der Waals surface area contributed by atoms with Crippen molar-refractivity contribution < 1.29 is 14.3 Å². The number of thioether (sulfide) groups is 1. The van der Waals surface area contributed by atoms with E-state index in [0.717, 1.165) is 12.0 Å². The molecule has 23 heavy (non-hydrogen) atoms. The predicted octanol–water partition coefficient (Wildman–Crippen LogP) is 3.49. The maximum absolute atomic E-state index is 13.0. The van der Waals surface area contributed by atoms with Crippen LogP contribution in [0.15, 0.2) is 24.3 Å². The van der Waals surface area contributed by atoms with E-state index in [-0.39, 0.29) is 23.2 Å². The molecule has 0 aromatic heterocycles. The summed E-state index contributed by atoms with van der Waals surface area (Å²) in [5.41, 5.74) is 1.73. The molecule has 0 aliphatic carbocycles. The molecule has 1 aromatic rings. The van der Waals surface area contributed by atoms with Crippen LogP contribution in [0, 0.1) is 12.8 Å². The summed E-state index contributed by atoms with van der Waals surface area (Å²) in [6.45, 7) is 8.50. The van der Waals surface area contributed by atoms with Gasteiger partial charge < -0.3 is 9.64 Å². The van der Waals surface area contributed by atoms with E-state index in [1.54, 1.807) is 16.7 Å². The Hall–Kier alpha value is -1.49. The van der Waals surface area contributed by atoms with Gasteiger partial charge in [0.05, 0.1) is 12.0 Å². The van der Waals surface area contributed by atoms with Crippen molar-refractivity contribution in [3.63, 3.8) is 0 Å². The molecule has 0 N–H and O–H groups in total. The van der Waals surface area contributed by atoms with Gasteiger partial charge in [-0.05, 0) is 31.4 Å². The SMILES string of the molecule is CCCOC(=O)C1CSC(C(C)C)N1C(=O)c1ccc(C)cc1. The molecule has 1 aliphatic rings. The van der Waals surface area contributed by atoms with Crippen LogP contribution in [-0.2, 0) is 9.53 Å². The first-order valence-electron chi connectivity index (χ1n) is 8.13. The molecule has 5 heteroatoms. The van der Waals surface area contributed by atoms with Crippen LogP contribution in [0.3, 0.4) is 0 Å². The van der Waals surface area contributed by atoms with Gasteiger partial charge in [0.15, 0.2) is 0 Å². The first-order chi connectivity index (χ1) is 11.0. The van der Waals surface area contributed by atoms with E-state index < -0.39 is 6.04 Å². The van der Waals surface area contributed by atoms with Gasteiger partial charge in [-0.2, -0.15) is 0 Å². The number of hydrogen-bond acceptors (Lipinski definition) is 4. The summed E-state index contributed by atoms with van der Waals surface area (Å²) in [4.78, 5) is 27.0. The second kappa shape index (κ2) is 7.86. The quantitative estimate of drug-likeness (QED) is 0.773. The van der Waals surface area contributed by atoms with E-state index in [0.29, 0.717) is 17.9 Å². The van der Waals surface area contributed by atoms with Crippen LogP contribution in [0.2, 0.25) is 0 Å². The van der Waals surface area contributed by atoms with Crippen LogP contribution in [-0.4, -0.2) is 40.6 Å². The molecule has 1 fully saturated rings. The molecule has 1 heterocycles. The normalized spacial score (nSPS) is 20.8. The zero-order chi connectivity index (χ0) is 17.0. The van der Waals surface area contributed by atoms with Crippen LogP contribution in [0.1, 0.15) is 43.1 Å². The van der Waals surface area contributed by atoms with Crippen molar-refractivity contribution in [2.75, 3.05) is 12.4 Å². The van der Waals surface area contributed by atoms with Gasteiger partial charge in [-0.3, -0.25) is 4.79 Å². The average molecular weight is 335 g/mol. The minimum atomic E-state index is -0.493. The van der Waals surface area contributed by atoms with Crippen LogP contribution >= 0.6 is 11.8 Å². The van der Waals surface area contributed by atoms with Crippen molar-refractivity contribution >= 4 is 23.6 Å². The summed E-state index contributed by atoms with van der Waals surface area (Å²) in [6, 6.07) is 7.00. The summed E-state index contributed by atoms with van der Waals surface area (Å²) in [6.07, 6.45) is 0.783. The molecule has 0 saturated carbocycles. The number of ether oxygens (including phenoxy) is 1. The number of carbonyl (C=O) groups is 2. The Labute approximate surface area is 142 Å². The van der Waals surface area contributed by atoms with Crippen molar-refractivity contribution in [1.29, 1.82) is 0 Å². The number of benzene rings is 1. The molecule has 1 saturated heterocycles. The number of rotatable bonds is 5. The second-order valence-corrected chi connectivity index (χ2v) is 7.38. The molecule has 2 atom stereocenters. The molecule has 2 unspecified atom stereocenters. The highest BCUT2D eigenvalue weighted by Crippen LogP contribution is 2.35. The minimum Gasteiger partial charge on any atom is -0.464 e. The highest BCUT2D eigenvalue weighted by molar-refractivity contribution is 8.00. The Balaban J connectivity index is 2.25. The lowest BCUT2D eigenvalue weighted by atomic mass is 10.1. The zero-order valence-electron chi connectivity index (χ0n) is 14.2. The van der Waals surface area contributed by atoms with Gasteiger partial charge in [-0.25, -0.2) is 4.79 Å². The number of aryl methyl sites for hydroxylation is 1. The molecule has 1 amide bonds. The lowest BCUT2D eigenvalue weighted by molar-refractivity contribution is -0.148. The Bertz CT molecular complexity index is 556. The highest BCUT2D eigenvalue weighted by atomic mass is 32.2. The zero-order valence-corrected chi connectivity index (χ0v) is 15.1. The Morgan fingerprint density at radius 1 is 1.30 bits per heavy atom. The molecule has 4 nitrogen and oxygen atoms in total. The van der Waals surface area contributed by atoms with Gasteiger partial charge in [0.2, 0.25) is 0 Å². The van der Waals surface area contributed by atoms with Gasteiger partial charge in [-0.1, -0.05) is 38.5 Å². The molecule has 0 bridgehead atoms. The third kappa shape index (κ3) is 4.08. The largest absolute Gasteiger partial charge is 0.464 e. The Morgan fingerprint density at radius 3 is 2.52 bits per heavy atom. The number of hydrogen-bond donors (Lipinski definition) is 0. The van der Waals surface area contributed by atoms with Crippen molar-refractivity contribution in [1.82, 2.24) is 4.90 Å². The second-order valence-electron chi connectivity index (χ2n) is 6.23. The van der Waals surface area contributed by atoms with Gasteiger partial charge in [0.25, 0.3) is 5.91 Å².